The smallest absolute Gasteiger partial charge is 0.356 e. The minimum atomic E-state index is -4.31. The normalized spacial score (nSPS) is 13.5. The van der Waals surface area contributed by atoms with Crippen molar-refractivity contribution in [2.24, 2.45) is 4.99 Å². The highest BCUT2D eigenvalue weighted by molar-refractivity contribution is 7.09. The highest BCUT2D eigenvalue weighted by atomic mass is 32.1. The molecule has 1 unspecified atom stereocenters. The topological polar surface area (TPSA) is 49.3 Å². The summed E-state index contributed by atoms with van der Waals surface area (Å²) in [6, 6.07) is 5.52. The van der Waals surface area contributed by atoms with Gasteiger partial charge in [0.25, 0.3) is 0 Å². The van der Waals surface area contributed by atoms with E-state index in [2.05, 4.69) is 20.6 Å². The van der Waals surface area contributed by atoms with E-state index in [0.29, 0.717) is 31.0 Å². The van der Waals surface area contributed by atoms with Gasteiger partial charge in [-0.2, -0.15) is 13.2 Å². The number of aromatic nitrogens is 1. The van der Waals surface area contributed by atoms with Gasteiger partial charge in [-0.25, -0.2) is 4.98 Å². The molecule has 0 aliphatic heterocycles. The Kier molecular flexibility index (Phi) is 7.02. The molecule has 1 aromatic carbocycles. The van der Waals surface area contributed by atoms with Gasteiger partial charge in [-0.15, -0.1) is 11.3 Å². The highest BCUT2D eigenvalue weighted by Crippen LogP contribution is 2.31. The number of aliphatic imine (C=N–C) groups is 1. The average molecular weight is 384 g/mol. The second-order valence-electron chi connectivity index (χ2n) is 6.03. The summed E-state index contributed by atoms with van der Waals surface area (Å²) in [5.74, 6) is 0.667. The van der Waals surface area contributed by atoms with Gasteiger partial charge in [-0.05, 0) is 30.9 Å². The van der Waals surface area contributed by atoms with E-state index < -0.39 is 11.7 Å². The van der Waals surface area contributed by atoms with Gasteiger partial charge in [0.2, 0.25) is 0 Å². The predicted octanol–water partition coefficient (Wildman–Crippen LogP) is 4.33. The Balaban J connectivity index is 1.83. The van der Waals surface area contributed by atoms with E-state index in [-0.39, 0.29) is 5.92 Å². The van der Waals surface area contributed by atoms with Gasteiger partial charge in [0.15, 0.2) is 5.96 Å². The van der Waals surface area contributed by atoms with Gasteiger partial charge in [-0.1, -0.05) is 25.1 Å². The molecule has 0 aliphatic carbocycles. The molecule has 0 saturated carbocycles. The highest BCUT2D eigenvalue weighted by Gasteiger charge is 2.30. The van der Waals surface area contributed by atoms with Crippen LogP contribution < -0.4 is 10.6 Å². The third-order valence-electron chi connectivity index (χ3n) is 4.14. The third kappa shape index (κ3) is 5.72. The largest absolute Gasteiger partial charge is 0.416 e. The number of aryl methyl sites for hydroxylation is 1. The van der Waals surface area contributed by atoms with E-state index in [1.165, 1.54) is 12.1 Å². The van der Waals surface area contributed by atoms with E-state index in [9.17, 15) is 13.2 Å². The molecular weight excluding hydrogens is 361 g/mol. The molecule has 2 aromatic rings. The van der Waals surface area contributed by atoms with Crippen molar-refractivity contribution in [2.75, 3.05) is 13.6 Å². The number of halogens is 3. The van der Waals surface area contributed by atoms with Crippen molar-refractivity contribution in [1.29, 1.82) is 0 Å². The second-order valence-corrected chi connectivity index (χ2v) is 6.97. The van der Waals surface area contributed by atoms with Gasteiger partial charge in [-0.3, -0.25) is 4.99 Å². The molecule has 0 fully saturated rings. The molecule has 0 bridgehead atoms. The zero-order valence-corrected chi connectivity index (χ0v) is 15.8. The fraction of sp³-hybridized carbons (Fsp3) is 0.444. The first-order chi connectivity index (χ1) is 12.3. The van der Waals surface area contributed by atoms with E-state index in [0.717, 1.165) is 16.6 Å². The Morgan fingerprint density at radius 2 is 2.08 bits per heavy atom. The number of rotatable bonds is 6. The van der Waals surface area contributed by atoms with Crippen LogP contribution in [0.4, 0.5) is 13.2 Å². The summed E-state index contributed by atoms with van der Waals surface area (Å²) in [6.45, 7) is 5.13. The lowest BCUT2D eigenvalue weighted by Gasteiger charge is -2.16. The number of hydrogen-bond acceptors (Lipinski definition) is 3. The summed E-state index contributed by atoms with van der Waals surface area (Å²) in [7, 11) is 1.69. The molecule has 2 N–H and O–H groups in total. The first-order valence-electron chi connectivity index (χ1n) is 8.32. The summed E-state index contributed by atoms with van der Waals surface area (Å²) in [4.78, 5) is 9.51. The molecule has 0 aliphatic rings. The van der Waals surface area contributed by atoms with Crippen LogP contribution in [0.1, 0.15) is 41.0 Å². The summed E-state index contributed by atoms with van der Waals surface area (Å²) < 4.78 is 38.5. The van der Waals surface area contributed by atoms with Crippen molar-refractivity contribution in [3.63, 3.8) is 0 Å². The molecule has 2 rings (SSSR count). The SMILES string of the molecule is CN=C(NCCC(C)c1cccc(C(F)(F)F)c1)NCc1scnc1C. The summed E-state index contributed by atoms with van der Waals surface area (Å²) in [6.07, 6.45) is -3.61. The lowest BCUT2D eigenvalue weighted by molar-refractivity contribution is -0.137. The van der Waals surface area contributed by atoms with E-state index >= 15 is 0 Å². The molecule has 0 spiro atoms. The molecule has 26 heavy (non-hydrogen) atoms. The molecular formula is C18H23F3N4S. The van der Waals surface area contributed by atoms with Crippen molar-refractivity contribution in [3.8, 4) is 0 Å². The van der Waals surface area contributed by atoms with Crippen molar-refractivity contribution >= 4 is 17.3 Å². The van der Waals surface area contributed by atoms with Crippen molar-refractivity contribution < 1.29 is 13.2 Å². The molecule has 1 atom stereocenters. The maximum atomic E-state index is 12.8. The minimum absolute atomic E-state index is 0.00615. The van der Waals surface area contributed by atoms with E-state index in [4.69, 9.17) is 0 Å². The minimum Gasteiger partial charge on any atom is -0.356 e. The van der Waals surface area contributed by atoms with Gasteiger partial charge in [0, 0.05) is 18.5 Å². The fourth-order valence-electron chi connectivity index (χ4n) is 2.48. The molecule has 0 radical (unpaired) electrons. The number of nitrogens with one attached hydrogen (secondary N) is 2. The number of thiazole rings is 1. The Hall–Kier alpha value is -2.09. The monoisotopic (exact) mass is 384 g/mol. The second kappa shape index (κ2) is 9.02. The standard InChI is InChI=1S/C18H23F3N4S/c1-12(14-5-4-6-15(9-14)18(19,20)21)7-8-23-17(22-3)24-10-16-13(2)25-11-26-16/h4-6,9,11-12H,7-8,10H2,1-3H3,(H2,22,23,24). The lowest BCUT2D eigenvalue weighted by Crippen LogP contribution is -2.37. The molecule has 142 valence electrons. The van der Waals surface area contributed by atoms with Crippen LogP contribution in [-0.2, 0) is 12.7 Å². The van der Waals surface area contributed by atoms with Crippen LogP contribution in [0.3, 0.4) is 0 Å². The molecule has 8 heteroatoms. The van der Waals surface area contributed by atoms with Crippen LogP contribution >= 0.6 is 11.3 Å². The predicted molar refractivity (Wildman–Crippen MR) is 99.5 cm³/mol. The Morgan fingerprint density at radius 1 is 1.31 bits per heavy atom. The van der Waals surface area contributed by atoms with Crippen LogP contribution in [-0.4, -0.2) is 24.5 Å². The Labute approximate surface area is 155 Å². The number of guanidine groups is 1. The van der Waals surface area contributed by atoms with Gasteiger partial charge in [0.05, 0.1) is 23.3 Å². The van der Waals surface area contributed by atoms with Crippen LogP contribution in [0.2, 0.25) is 0 Å². The maximum absolute atomic E-state index is 12.8. The van der Waals surface area contributed by atoms with Crippen molar-refractivity contribution in [2.45, 2.75) is 38.9 Å². The van der Waals surface area contributed by atoms with Crippen molar-refractivity contribution in [1.82, 2.24) is 15.6 Å². The molecule has 0 saturated heterocycles. The lowest BCUT2D eigenvalue weighted by atomic mass is 9.96. The van der Waals surface area contributed by atoms with Crippen LogP contribution in [0.25, 0.3) is 0 Å². The van der Waals surface area contributed by atoms with Crippen LogP contribution in [0, 0.1) is 6.92 Å². The van der Waals surface area contributed by atoms with E-state index in [1.54, 1.807) is 30.0 Å². The van der Waals surface area contributed by atoms with Crippen molar-refractivity contribution in [3.05, 3.63) is 51.5 Å². The molecule has 0 amide bonds. The van der Waals surface area contributed by atoms with Gasteiger partial charge in [0.1, 0.15) is 0 Å². The summed E-state index contributed by atoms with van der Waals surface area (Å²) in [5, 5.41) is 6.41. The number of alkyl halides is 3. The summed E-state index contributed by atoms with van der Waals surface area (Å²) in [5.41, 5.74) is 2.88. The Bertz CT molecular complexity index is 740. The van der Waals surface area contributed by atoms with Crippen LogP contribution in [0.15, 0.2) is 34.8 Å². The number of benzene rings is 1. The fourth-order valence-corrected chi connectivity index (χ4v) is 3.19. The van der Waals surface area contributed by atoms with E-state index in [1.807, 2.05) is 13.8 Å². The van der Waals surface area contributed by atoms with Gasteiger partial charge < -0.3 is 10.6 Å². The molecule has 1 heterocycles. The number of nitrogens with zero attached hydrogens (tertiary/aromatic N) is 2. The van der Waals surface area contributed by atoms with Gasteiger partial charge >= 0.3 is 6.18 Å². The maximum Gasteiger partial charge on any atom is 0.416 e. The first kappa shape index (κ1) is 20.2. The third-order valence-corrected chi connectivity index (χ3v) is 5.07. The molecule has 4 nitrogen and oxygen atoms in total. The molecule has 1 aromatic heterocycles. The zero-order chi connectivity index (χ0) is 19.2. The van der Waals surface area contributed by atoms with Crippen LogP contribution in [0.5, 0.6) is 0 Å². The zero-order valence-electron chi connectivity index (χ0n) is 15.0. The Morgan fingerprint density at radius 3 is 2.69 bits per heavy atom. The quantitative estimate of drug-likeness (QED) is 0.576. The summed E-state index contributed by atoms with van der Waals surface area (Å²) >= 11 is 1.58. The first-order valence-corrected chi connectivity index (χ1v) is 9.20. The average Bonchev–Trinajstić information content (AvgIpc) is 3.02. The number of hydrogen-bond donors (Lipinski definition) is 2.